The van der Waals surface area contributed by atoms with Crippen molar-refractivity contribution in [3.05, 3.63) is 31.3 Å². The highest BCUT2D eigenvalue weighted by Gasteiger charge is 2.22. The number of H-pyrrole nitrogens is 1. The van der Waals surface area contributed by atoms with Crippen molar-refractivity contribution in [3.8, 4) is 0 Å². The Balaban J connectivity index is 2.27. The van der Waals surface area contributed by atoms with Crippen LogP contribution in [0.25, 0.3) is 11.2 Å². The van der Waals surface area contributed by atoms with Crippen molar-refractivity contribution >= 4 is 11.2 Å². The van der Waals surface area contributed by atoms with E-state index in [0.29, 0.717) is 13.2 Å². The van der Waals surface area contributed by atoms with Crippen LogP contribution < -0.4 is 16.9 Å². The molecule has 1 aliphatic rings. The van der Waals surface area contributed by atoms with Gasteiger partial charge in [0.05, 0.1) is 19.8 Å². The first kappa shape index (κ1) is 12.9. The van der Waals surface area contributed by atoms with E-state index in [-0.39, 0.29) is 17.7 Å². The van der Waals surface area contributed by atoms with Crippen molar-refractivity contribution in [2.75, 3.05) is 13.2 Å². The Bertz CT molecular complexity index is 833. The van der Waals surface area contributed by atoms with Crippen molar-refractivity contribution in [2.24, 2.45) is 14.1 Å². The largest absolute Gasteiger partial charge is 0.348 e. The van der Waals surface area contributed by atoms with E-state index in [1.165, 1.54) is 23.2 Å². The van der Waals surface area contributed by atoms with Crippen LogP contribution in [0.2, 0.25) is 0 Å². The van der Waals surface area contributed by atoms with Crippen molar-refractivity contribution < 1.29 is 9.47 Å². The standard InChI is InChI=1S/C11H14N4O5/c1-13-8-7(9(16)14(2)11(13)18)15(10(17)12-8)5-6-19-3-4-20-6/h6H,3-5H2,1-2H3,(H,12,17). The number of fused-ring (bicyclic) bond motifs is 1. The summed E-state index contributed by atoms with van der Waals surface area (Å²) in [4.78, 5) is 38.5. The molecule has 108 valence electrons. The number of nitrogens with one attached hydrogen (secondary N) is 1. The number of aryl methyl sites for hydroxylation is 1. The highest BCUT2D eigenvalue weighted by molar-refractivity contribution is 5.69. The molecule has 1 aliphatic heterocycles. The van der Waals surface area contributed by atoms with Gasteiger partial charge in [0, 0.05) is 14.1 Å². The van der Waals surface area contributed by atoms with E-state index in [4.69, 9.17) is 9.47 Å². The fourth-order valence-corrected chi connectivity index (χ4v) is 2.32. The zero-order chi connectivity index (χ0) is 14.4. The van der Waals surface area contributed by atoms with Crippen molar-refractivity contribution in [1.29, 1.82) is 0 Å². The van der Waals surface area contributed by atoms with Crippen LogP contribution in [0.1, 0.15) is 0 Å². The lowest BCUT2D eigenvalue weighted by molar-refractivity contribution is -0.0523. The molecule has 3 rings (SSSR count). The van der Waals surface area contributed by atoms with Crippen LogP contribution in [-0.2, 0) is 30.1 Å². The summed E-state index contributed by atoms with van der Waals surface area (Å²) in [6.45, 7) is 1.02. The van der Waals surface area contributed by atoms with Gasteiger partial charge in [-0.25, -0.2) is 9.59 Å². The Morgan fingerprint density at radius 3 is 2.45 bits per heavy atom. The lowest BCUT2D eigenvalue weighted by Crippen LogP contribution is -2.38. The highest BCUT2D eigenvalue weighted by atomic mass is 16.7. The quantitative estimate of drug-likeness (QED) is 0.693. The fraction of sp³-hybridized carbons (Fsp3) is 0.545. The van der Waals surface area contributed by atoms with Gasteiger partial charge in [0.25, 0.3) is 5.56 Å². The maximum absolute atomic E-state index is 12.2. The summed E-state index contributed by atoms with van der Waals surface area (Å²) < 4.78 is 14.0. The molecule has 3 heterocycles. The molecule has 9 heteroatoms. The fourth-order valence-electron chi connectivity index (χ4n) is 2.32. The number of ether oxygens (including phenoxy) is 2. The Morgan fingerprint density at radius 2 is 1.80 bits per heavy atom. The van der Waals surface area contributed by atoms with Gasteiger partial charge in [-0.1, -0.05) is 0 Å². The van der Waals surface area contributed by atoms with Crippen molar-refractivity contribution in [3.63, 3.8) is 0 Å². The summed E-state index contributed by atoms with van der Waals surface area (Å²) in [6, 6.07) is 0. The first-order valence-electron chi connectivity index (χ1n) is 6.12. The summed E-state index contributed by atoms with van der Waals surface area (Å²) in [5, 5.41) is 0. The average molecular weight is 282 g/mol. The van der Waals surface area contributed by atoms with Crippen molar-refractivity contribution in [2.45, 2.75) is 12.8 Å². The first-order valence-corrected chi connectivity index (χ1v) is 6.12. The molecule has 2 aromatic rings. The third-order valence-electron chi connectivity index (χ3n) is 3.40. The number of hydrogen-bond acceptors (Lipinski definition) is 5. The molecule has 0 aliphatic carbocycles. The molecule has 0 atom stereocenters. The zero-order valence-corrected chi connectivity index (χ0v) is 11.1. The van der Waals surface area contributed by atoms with E-state index in [9.17, 15) is 14.4 Å². The van der Waals surface area contributed by atoms with E-state index in [1.54, 1.807) is 0 Å². The van der Waals surface area contributed by atoms with Gasteiger partial charge in [-0.15, -0.1) is 0 Å². The molecule has 0 bridgehead atoms. The molecular formula is C11H14N4O5. The van der Waals surface area contributed by atoms with E-state index >= 15 is 0 Å². The summed E-state index contributed by atoms with van der Waals surface area (Å²) in [5.41, 5.74) is -1.17. The summed E-state index contributed by atoms with van der Waals surface area (Å²) in [7, 11) is 2.86. The molecule has 2 aromatic heterocycles. The molecule has 0 radical (unpaired) electrons. The number of rotatable bonds is 2. The first-order chi connectivity index (χ1) is 9.50. The van der Waals surface area contributed by atoms with Crippen LogP contribution in [-0.4, -0.2) is 38.2 Å². The van der Waals surface area contributed by atoms with Gasteiger partial charge < -0.3 is 9.47 Å². The monoisotopic (exact) mass is 282 g/mol. The minimum absolute atomic E-state index is 0.103. The predicted octanol–water partition coefficient (Wildman–Crippen LogP) is -1.90. The minimum atomic E-state index is -0.561. The average Bonchev–Trinajstić information content (AvgIpc) is 3.04. The van der Waals surface area contributed by atoms with E-state index in [2.05, 4.69) is 4.98 Å². The van der Waals surface area contributed by atoms with Gasteiger partial charge in [0.1, 0.15) is 5.65 Å². The number of nitrogens with zero attached hydrogens (tertiary/aromatic N) is 3. The predicted molar refractivity (Wildman–Crippen MR) is 68.7 cm³/mol. The van der Waals surface area contributed by atoms with E-state index in [0.717, 1.165) is 4.57 Å². The summed E-state index contributed by atoms with van der Waals surface area (Å²) in [5.74, 6) is 0. The molecule has 0 spiro atoms. The Morgan fingerprint density at radius 1 is 1.15 bits per heavy atom. The maximum atomic E-state index is 12.2. The second-order valence-corrected chi connectivity index (χ2v) is 4.61. The highest BCUT2D eigenvalue weighted by Crippen LogP contribution is 2.08. The molecule has 9 nitrogen and oxygen atoms in total. The lowest BCUT2D eigenvalue weighted by atomic mass is 10.5. The number of hydrogen-bond donors (Lipinski definition) is 1. The van der Waals surface area contributed by atoms with Gasteiger partial charge in [-0.3, -0.25) is 23.5 Å². The molecule has 1 N–H and O–H groups in total. The topological polar surface area (TPSA) is 100 Å². The summed E-state index contributed by atoms with van der Waals surface area (Å²) in [6.07, 6.45) is -0.561. The third-order valence-corrected chi connectivity index (χ3v) is 3.40. The van der Waals surface area contributed by atoms with Gasteiger partial charge >= 0.3 is 11.4 Å². The van der Waals surface area contributed by atoms with Crippen LogP contribution in [0.3, 0.4) is 0 Å². The van der Waals surface area contributed by atoms with Crippen molar-refractivity contribution in [1.82, 2.24) is 18.7 Å². The Hall–Kier alpha value is -2.13. The lowest BCUT2D eigenvalue weighted by Gasteiger charge is -2.10. The SMILES string of the molecule is Cn1c(=O)c2c([nH]c(=O)n2CC2OCCO2)n(C)c1=O. The molecule has 20 heavy (non-hydrogen) atoms. The molecule has 1 fully saturated rings. The second-order valence-electron chi connectivity index (χ2n) is 4.61. The van der Waals surface area contributed by atoms with Crippen LogP contribution in [0.4, 0.5) is 0 Å². The maximum Gasteiger partial charge on any atom is 0.332 e. The van der Waals surface area contributed by atoms with Gasteiger partial charge in [0.2, 0.25) is 0 Å². The smallest absolute Gasteiger partial charge is 0.332 e. The van der Waals surface area contributed by atoms with Crippen LogP contribution in [0.5, 0.6) is 0 Å². The Kier molecular flexibility index (Phi) is 2.87. The van der Waals surface area contributed by atoms with Crippen LogP contribution >= 0.6 is 0 Å². The zero-order valence-electron chi connectivity index (χ0n) is 11.1. The number of aromatic nitrogens is 4. The molecular weight excluding hydrogens is 268 g/mol. The normalized spacial score (nSPS) is 16.3. The molecule has 1 saturated heterocycles. The number of aromatic amines is 1. The van der Waals surface area contributed by atoms with E-state index < -0.39 is 23.2 Å². The molecule has 0 amide bonds. The van der Waals surface area contributed by atoms with Gasteiger partial charge in [0.15, 0.2) is 11.8 Å². The number of imidazole rings is 1. The third kappa shape index (κ3) is 1.74. The molecule has 0 unspecified atom stereocenters. The summed E-state index contributed by atoms with van der Waals surface area (Å²) >= 11 is 0. The second kappa shape index (κ2) is 4.46. The van der Waals surface area contributed by atoms with Crippen LogP contribution in [0, 0.1) is 0 Å². The van der Waals surface area contributed by atoms with Gasteiger partial charge in [-0.2, -0.15) is 0 Å². The minimum Gasteiger partial charge on any atom is -0.348 e. The van der Waals surface area contributed by atoms with Crippen LogP contribution in [0.15, 0.2) is 14.4 Å². The Labute approximate surface area is 112 Å². The molecule has 0 saturated carbocycles. The van der Waals surface area contributed by atoms with E-state index in [1.807, 2.05) is 0 Å². The molecule has 0 aromatic carbocycles. The van der Waals surface area contributed by atoms with Gasteiger partial charge in [-0.05, 0) is 0 Å².